The fraction of sp³-hybridized carbons (Fsp3) is 0.643. The van der Waals surface area contributed by atoms with E-state index in [1.165, 1.54) is 25.7 Å². The molecule has 0 aliphatic heterocycles. The molecule has 0 spiro atoms. The summed E-state index contributed by atoms with van der Waals surface area (Å²) in [5, 5.41) is 25.2. The summed E-state index contributed by atoms with van der Waals surface area (Å²) in [4.78, 5) is 37.5. The molecule has 3 saturated carbocycles. The van der Waals surface area contributed by atoms with Crippen molar-refractivity contribution in [3.05, 3.63) is 23.3 Å². The van der Waals surface area contributed by atoms with Gasteiger partial charge in [-0.1, -0.05) is 13.3 Å². The fourth-order valence-corrected chi connectivity index (χ4v) is 5.45. The number of carboxylic acid groups (broad SMARTS) is 1. The molecule has 9 nitrogen and oxygen atoms in total. The maximum absolute atomic E-state index is 13.2. The van der Waals surface area contributed by atoms with Gasteiger partial charge in [0.05, 0.1) is 35.7 Å². The summed E-state index contributed by atoms with van der Waals surface area (Å²) in [5.74, 6) is -0.963. The topological polar surface area (TPSA) is 138 Å². The van der Waals surface area contributed by atoms with Crippen molar-refractivity contribution in [2.24, 2.45) is 16.7 Å². The van der Waals surface area contributed by atoms with Crippen molar-refractivity contribution in [1.82, 2.24) is 10.6 Å². The Morgan fingerprint density at radius 3 is 2.30 bits per heavy atom. The number of ether oxygens (including phenoxy) is 2. The molecule has 1 aromatic rings. The molecular weight excluding hydrogens is 474 g/mol. The van der Waals surface area contributed by atoms with E-state index in [0.717, 1.165) is 19.3 Å². The third-order valence-electron chi connectivity index (χ3n) is 8.69. The van der Waals surface area contributed by atoms with Crippen LogP contribution in [0.2, 0.25) is 0 Å². The van der Waals surface area contributed by atoms with Crippen LogP contribution in [-0.4, -0.2) is 48.7 Å². The first kappa shape index (κ1) is 26.8. The number of aliphatic carboxylic acids is 1. The number of carboxylic acids is 1. The molecule has 3 N–H and O–H groups in total. The SMILES string of the molecule is COc1cc(C#N)c(OC2CCC(C)(C(=O)O)CC2)cc1C(=O)N[C@@H]1CC[C@@H]1C(=O)NCC1(C)CCC1. The lowest BCUT2D eigenvalue weighted by molar-refractivity contribution is -0.150. The van der Waals surface area contributed by atoms with Gasteiger partial charge in [-0.2, -0.15) is 5.26 Å². The number of hydrogen-bond donors (Lipinski definition) is 3. The lowest BCUT2D eigenvalue weighted by Crippen LogP contribution is -2.54. The van der Waals surface area contributed by atoms with Gasteiger partial charge in [0.1, 0.15) is 17.6 Å². The molecule has 0 unspecified atom stereocenters. The molecule has 0 aromatic heterocycles. The Kier molecular flexibility index (Phi) is 7.67. The van der Waals surface area contributed by atoms with Crippen LogP contribution in [0.3, 0.4) is 0 Å². The Balaban J connectivity index is 1.42. The summed E-state index contributed by atoms with van der Waals surface area (Å²) in [6, 6.07) is 4.83. The van der Waals surface area contributed by atoms with Crippen molar-refractivity contribution in [3.8, 4) is 17.6 Å². The van der Waals surface area contributed by atoms with Crippen LogP contribution in [-0.2, 0) is 9.59 Å². The fourth-order valence-electron chi connectivity index (χ4n) is 5.45. The molecule has 1 aromatic carbocycles. The smallest absolute Gasteiger partial charge is 0.309 e. The van der Waals surface area contributed by atoms with Gasteiger partial charge in [-0.3, -0.25) is 14.4 Å². The third-order valence-corrected chi connectivity index (χ3v) is 8.69. The highest BCUT2D eigenvalue weighted by Gasteiger charge is 2.40. The zero-order valence-electron chi connectivity index (χ0n) is 21.9. The molecule has 3 aliphatic rings. The van der Waals surface area contributed by atoms with E-state index >= 15 is 0 Å². The standard InChI is InChI=1S/C28H37N3O6/c1-27(9-4-10-27)16-30-24(32)19-5-6-21(19)31-25(33)20-14-22(17(15-29)13-23(20)36-3)37-18-7-11-28(2,12-8-18)26(34)35/h13-14,18-19,21H,4-12,16H2,1-3H3,(H,30,32)(H,31,33)(H,34,35)/t18?,19-,21+,28?/m0/s1. The van der Waals surface area contributed by atoms with E-state index in [2.05, 4.69) is 23.6 Å². The summed E-state index contributed by atoms with van der Waals surface area (Å²) >= 11 is 0. The zero-order valence-corrected chi connectivity index (χ0v) is 21.9. The quantitative estimate of drug-likeness (QED) is 0.458. The van der Waals surface area contributed by atoms with Gasteiger partial charge in [0, 0.05) is 18.7 Å². The van der Waals surface area contributed by atoms with Crippen molar-refractivity contribution >= 4 is 17.8 Å². The Morgan fingerprint density at radius 2 is 1.78 bits per heavy atom. The lowest BCUT2D eigenvalue weighted by Gasteiger charge is -2.40. The van der Waals surface area contributed by atoms with Crippen molar-refractivity contribution in [1.29, 1.82) is 5.26 Å². The summed E-state index contributed by atoms with van der Waals surface area (Å²) in [7, 11) is 1.43. The van der Waals surface area contributed by atoms with Crippen LogP contribution in [0.1, 0.15) is 87.6 Å². The largest absolute Gasteiger partial charge is 0.496 e. The number of carbonyl (C=O) groups excluding carboxylic acids is 2. The molecule has 0 heterocycles. The van der Waals surface area contributed by atoms with E-state index in [-0.39, 0.29) is 57.9 Å². The summed E-state index contributed by atoms with van der Waals surface area (Å²) in [5.41, 5.74) is -0.111. The number of carbonyl (C=O) groups is 3. The number of nitrogens with one attached hydrogen (secondary N) is 2. The van der Waals surface area contributed by atoms with E-state index in [9.17, 15) is 24.8 Å². The minimum atomic E-state index is -0.813. The van der Waals surface area contributed by atoms with Gasteiger partial charge < -0.3 is 25.2 Å². The number of rotatable bonds is 9. The molecule has 2 amide bonds. The molecule has 37 heavy (non-hydrogen) atoms. The van der Waals surface area contributed by atoms with E-state index < -0.39 is 11.4 Å². The Morgan fingerprint density at radius 1 is 1.08 bits per heavy atom. The second kappa shape index (κ2) is 10.6. The number of benzene rings is 1. The van der Waals surface area contributed by atoms with Crippen molar-refractivity contribution in [3.63, 3.8) is 0 Å². The molecule has 0 saturated heterocycles. The first-order valence-electron chi connectivity index (χ1n) is 13.2. The van der Waals surface area contributed by atoms with E-state index in [1.807, 2.05) is 0 Å². The first-order chi connectivity index (χ1) is 17.6. The zero-order chi connectivity index (χ0) is 26.8. The van der Waals surface area contributed by atoms with E-state index in [0.29, 0.717) is 38.6 Å². The molecule has 0 bridgehead atoms. The normalized spacial score (nSPS) is 28.0. The van der Waals surface area contributed by atoms with Gasteiger partial charge in [-0.05, 0) is 69.8 Å². The number of hydrogen-bond acceptors (Lipinski definition) is 6. The molecule has 3 fully saturated rings. The third kappa shape index (κ3) is 5.68. The summed E-state index contributed by atoms with van der Waals surface area (Å²) < 4.78 is 11.5. The monoisotopic (exact) mass is 511 g/mol. The van der Waals surface area contributed by atoms with E-state index in [4.69, 9.17) is 9.47 Å². The van der Waals surface area contributed by atoms with Crippen molar-refractivity contribution < 1.29 is 29.0 Å². The molecule has 0 radical (unpaired) electrons. The van der Waals surface area contributed by atoms with Crippen LogP contribution in [0.4, 0.5) is 0 Å². The van der Waals surface area contributed by atoms with Gasteiger partial charge in [-0.15, -0.1) is 0 Å². The number of nitriles is 1. The van der Waals surface area contributed by atoms with Gasteiger partial charge in [0.15, 0.2) is 0 Å². The van der Waals surface area contributed by atoms with Gasteiger partial charge >= 0.3 is 5.97 Å². The molecule has 9 heteroatoms. The van der Waals surface area contributed by atoms with Crippen LogP contribution >= 0.6 is 0 Å². The minimum absolute atomic E-state index is 0.0221. The highest BCUT2D eigenvalue weighted by Crippen LogP contribution is 2.40. The molecule has 3 aliphatic carbocycles. The Hall–Kier alpha value is -3.28. The number of nitrogens with zero attached hydrogens (tertiary/aromatic N) is 1. The van der Waals surface area contributed by atoms with Gasteiger partial charge in [0.2, 0.25) is 5.91 Å². The second-order valence-electron chi connectivity index (χ2n) is 11.5. The first-order valence-corrected chi connectivity index (χ1v) is 13.2. The number of methoxy groups -OCH3 is 1. The lowest BCUT2D eigenvalue weighted by atomic mass is 9.70. The maximum Gasteiger partial charge on any atom is 0.309 e. The molecule has 4 rings (SSSR count). The highest BCUT2D eigenvalue weighted by atomic mass is 16.5. The Bertz CT molecular complexity index is 1100. The second-order valence-corrected chi connectivity index (χ2v) is 11.5. The molecular formula is C28H37N3O6. The van der Waals surface area contributed by atoms with Crippen LogP contribution in [0.25, 0.3) is 0 Å². The van der Waals surface area contributed by atoms with Crippen LogP contribution in [0, 0.1) is 28.1 Å². The van der Waals surface area contributed by atoms with Gasteiger partial charge in [-0.25, -0.2) is 0 Å². The maximum atomic E-state index is 13.2. The van der Waals surface area contributed by atoms with Crippen LogP contribution < -0.4 is 20.1 Å². The predicted octanol–water partition coefficient (Wildman–Crippen LogP) is 3.79. The van der Waals surface area contributed by atoms with Crippen molar-refractivity contribution in [2.45, 2.75) is 83.8 Å². The summed E-state index contributed by atoms with van der Waals surface area (Å²) in [6.45, 7) is 4.59. The highest BCUT2D eigenvalue weighted by molar-refractivity contribution is 5.98. The Labute approximate surface area is 217 Å². The van der Waals surface area contributed by atoms with Crippen LogP contribution in [0.5, 0.6) is 11.5 Å². The number of amides is 2. The predicted molar refractivity (Wildman–Crippen MR) is 135 cm³/mol. The molecule has 2 atom stereocenters. The molecule has 200 valence electrons. The minimum Gasteiger partial charge on any atom is -0.496 e. The average molecular weight is 512 g/mol. The summed E-state index contributed by atoms with van der Waals surface area (Å²) in [6.07, 6.45) is 6.68. The van der Waals surface area contributed by atoms with Gasteiger partial charge in [0.25, 0.3) is 5.91 Å². The average Bonchev–Trinajstić information content (AvgIpc) is 2.85. The van der Waals surface area contributed by atoms with Crippen LogP contribution in [0.15, 0.2) is 12.1 Å². The van der Waals surface area contributed by atoms with E-state index in [1.54, 1.807) is 6.92 Å². The van der Waals surface area contributed by atoms with Crippen molar-refractivity contribution in [2.75, 3.05) is 13.7 Å².